The minimum absolute atomic E-state index is 0.00649. The van der Waals surface area contributed by atoms with Gasteiger partial charge in [-0.1, -0.05) is 32.3 Å². The maximum Gasteiger partial charge on any atom is 0.243 e. The Labute approximate surface area is 141 Å². The molecular formula is C18H34N2O3. The first-order valence-corrected chi connectivity index (χ1v) is 8.91. The molecule has 0 bridgehead atoms. The molecule has 0 saturated carbocycles. The first-order valence-electron chi connectivity index (χ1n) is 8.91. The number of hydrogen-bond donors (Lipinski definition) is 2. The average molecular weight is 326 g/mol. The molecule has 0 aliphatic carbocycles. The summed E-state index contributed by atoms with van der Waals surface area (Å²) in [6.07, 6.45) is 12.8. The number of nitrogens with one attached hydrogen (secondary N) is 1. The highest BCUT2D eigenvalue weighted by atomic mass is 16.2. The molecule has 0 aromatic rings. The Balaban J connectivity index is 0.00000232. The highest BCUT2D eigenvalue weighted by molar-refractivity contribution is 5.87. The number of hydrogen-bond acceptors (Lipinski definition) is 3. The summed E-state index contributed by atoms with van der Waals surface area (Å²) >= 11 is 0. The lowest BCUT2D eigenvalue weighted by Gasteiger charge is -2.20. The zero-order chi connectivity index (χ0) is 17.3. The van der Waals surface area contributed by atoms with Crippen LogP contribution >= 0.6 is 0 Å². The van der Waals surface area contributed by atoms with Crippen molar-refractivity contribution in [3.8, 4) is 0 Å². The molecule has 1 saturated heterocycles. The highest BCUT2D eigenvalue weighted by Crippen LogP contribution is 2.12. The van der Waals surface area contributed by atoms with Crippen LogP contribution in [0, 0.1) is 0 Å². The molecule has 0 aromatic heterocycles. The second-order valence-electron chi connectivity index (χ2n) is 5.71. The van der Waals surface area contributed by atoms with Gasteiger partial charge in [0, 0.05) is 33.2 Å². The molecule has 1 fully saturated rings. The molecule has 23 heavy (non-hydrogen) atoms. The Morgan fingerprint density at radius 2 is 1.91 bits per heavy atom. The second-order valence-corrected chi connectivity index (χ2v) is 5.71. The van der Waals surface area contributed by atoms with Crippen LogP contribution in [0.25, 0.3) is 0 Å². The number of rotatable bonds is 9. The normalized spacial score (nSPS) is 15.1. The van der Waals surface area contributed by atoms with E-state index in [-0.39, 0.29) is 5.91 Å². The van der Waals surface area contributed by atoms with Crippen LogP contribution in [0.15, 0.2) is 12.2 Å². The Morgan fingerprint density at radius 1 is 1.17 bits per heavy atom. The molecule has 5 heteroatoms. The van der Waals surface area contributed by atoms with Crippen LogP contribution in [0.4, 0.5) is 0 Å². The maximum absolute atomic E-state index is 11.8. The van der Waals surface area contributed by atoms with Crippen molar-refractivity contribution in [2.45, 2.75) is 64.7 Å². The molecule has 1 heterocycles. The van der Waals surface area contributed by atoms with Gasteiger partial charge in [-0.05, 0) is 38.2 Å². The van der Waals surface area contributed by atoms with E-state index in [4.69, 9.17) is 5.11 Å². The number of aliphatic hydroxyl groups excluding tert-OH is 1. The fraction of sp³-hybridized carbons (Fsp3) is 0.778. The Kier molecular flexibility index (Phi) is 14.6. The molecule has 5 nitrogen and oxygen atoms in total. The van der Waals surface area contributed by atoms with Gasteiger partial charge in [-0.15, -0.1) is 0 Å². The smallest absolute Gasteiger partial charge is 0.243 e. The van der Waals surface area contributed by atoms with Gasteiger partial charge in [-0.3, -0.25) is 9.59 Å². The number of carbonyl (C=O) groups is 2. The van der Waals surface area contributed by atoms with Crippen molar-refractivity contribution in [1.82, 2.24) is 10.2 Å². The maximum atomic E-state index is 11.8. The lowest BCUT2D eigenvalue weighted by molar-refractivity contribution is -0.130. The predicted molar refractivity (Wildman–Crippen MR) is 94.1 cm³/mol. The largest absolute Gasteiger partial charge is 0.400 e. The summed E-state index contributed by atoms with van der Waals surface area (Å²) < 4.78 is 0. The van der Waals surface area contributed by atoms with Gasteiger partial charge in [0.05, 0.1) is 0 Å². The van der Waals surface area contributed by atoms with Gasteiger partial charge in [-0.25, -0.2) is 0 Å². The Hall–Kier alpha value is -1.36. The van der Waals surface area contributed by atoms with Crippen molar-refractivity contribution in [3.05, 3.63) is 12.2 Å². The number of nitrogens with zero attached hydrogens (tertiary/aromatic N) is 1. The molecule has 1 aliphatic heterocycles. The molecule has 0 atom stereocenters. The molecule has 0 radical (unpaired) electrons. The quantitative estimate of drug-likeness (QED) is 0.505. The van der Waals surface area contributed by atoms with Gasteiger partial charge >= 0.3 is 0 Å². The van der Waals surface area contributed by atoms with E-state index < -0.39 is 0 Å². The molecule has 1 rings (SSSR count). The van der Waals surface area contributed by atoms with E-state index >= 15 is 0 Å². The molecule has 134 valence electrons. The highest BCUT2D eigenvalue weighted by Gasteiger charge is 2.15. The van der Waals surface area contributed by atoms with Crippen molar-refractivity contribution in [2.24, 2.45) is 0 Å². The summed E-state index contributed by atoms with van der Waals surface area (Å²) in [6.45, 7) is 4.61. The summed E-state index contributed by atoms with van der Waals surface area (Å²) in [4.78, 5) is 25.2. The minimum Gasteiger partial charge on any atom is -0.400 e. The van der Waals surface area contributed by atoms with Crippen LogP contribution in [0.2, 0.25) is 0 Å². The van der Waals surface area contributed by atoms with Gasteiger partial charge in [0.25, 0.3) is 0 Å². The van der Waals surface area contributed by atoms with Crippen LogP contribution in [-0.2, 0) is 9.59 Å². The van der Waals surface area contributed by atoms with E-state index in [0.717, 1.165) is 78.1 Å². The van der Waals surface area contributed by atoms with Crippen molar-refractivity contribution in [2.75, 3.05) is 26.7 Å². The molecule has 0 aromatic carbocycles. The van der Waals surface area contributed by atoms with Crippen LogP contribution in [0.5, 0.6) is 0 Å². The van der Waals surface area contributed by atoms with E-state index in [2.05, 4.69) is 5.32 Å². The Bertz CT molecular complexity index is 343. The third-order valence-electron chi connectivity index (χ3n) is 3.83. The summed E-state index contributed by atoms with van der Waals surface area (Å²) in [5.41, 5.74) is 0. The van der Waals surface area contributed by atoms with Gasteiger partial charge in [0.1, 0.15) is 0 Å². The van der Waals surface area contributed by atoms with Crippen molar-refractivity contribution >= 4 is 11.8 Å². The number of carbonyl (C=O) groups excluding carboxylic acids is 2. The summed E-state index contributed by atoms with van der Waals surface area (Å²) in [5.74, 6) is 0.342. The van der Waals surface area contributed by atoms with Gasteiger partial charge < -0.3 is 15.3 Å². The van der Waals surface area contributed by atoms with E-state index in [0.29, 0.717) is 5.91 Å². The van der Waals surface area contributed by atoms with Crippen molar-refractivity contribution < 1.29 is 14.7 Å². The lowest BCUT2D eigenvalue weighted by Crippen LogP contribution is -2.31. The molecule has 0 unspecified atom stereocenters. The third-order valence-corrected chi connectivity index (χ3v) is 3.83. The summed E-state index contributed by atoms with van der Waals surface area (Å²) in [5, 5.41) is 9.88. The zero-order valence-corrected chi connectivity index (χ0v) is 14.9. The number of likely N-dealkylation sites (tertiary alicyclic amines) is 1. The Morgan fingerprint density at radius 3 is 2.65 bits per heavy atom. The standard InChI is InChI=1S/C17H30N2O2.CH4O/c1-2-3-11-16(20)18-13-8-4-5-9-14-19-15-10-6-7-12-17(19)21;1-2/h3,11H,2,4-10,12-15H2,1H3,(H,18,20);2H,1H3/b11-3-;. The first-order chi connectivity index (χ1) is 11.2. The minimum atomic E-state index is 0.00649. The second kappa shape index (κ2) is 15.5. The molecular weight excluding hydrogens is 292 g/mol. The molecule has 0 spiro atoms. The summed E-state index contributed by atoms with van der Waals surface area (Å²) in [6, 6.07) is 0. The fourth-order valence-corrected chi connectivity index (χ4v) is 2.55. The molecule has 2 amide bonds. The molecule has 2 N–H and O–H groups in total. The van der Waals surface area contributed by atoms with E-state index in [1.807, 2.05) is 17.9 Å². The van der Waals surface area contributed by atoms with Gasteiger partial charge in [-0.2, -0.15) is 0 Å². The number of allylic oxidation sites excluding steroid dienone is 1. The van der Waals surface area contributed by atoms with Gasteiger partial charge in [0.2, 0.25) is 11.8 Å². The van der Waals surface area contributed by atoms with Crippen LogP contribution in [-0.4, -0.2) is 48.6 Å². The number of amides is 2. The van der Waals surface area contributed by atoms with Gasteiger partial charge in [0.15, 0.2) is 0 Å². The first kappa shape index (κ1) is 21.6. The predicted octanol–water partition coefficient (Wildman–Crippen LogP) is 2.64. The SMILES string of the molecule is CC/C=C\C(=O)NCCCCCCN1CCCCCC1=O.CO. The molecule has 1 aliphatic rings. The van der Waals surface area contributed by atoms with E-state index in [1.165, 1.54) is 6.42 Å². The van der Waals surface area contributed by atoms with Crippen LogP contribution < -0.4 is 5.32 Å². The van der Waals surface area contributed by atoms with E-state index in [9.17, 15) is 9.59 Å². The summed E-state index contributed by atoms with van der Waals surface area (Å²) in [7, 11) is 1.00. The average Bonchev–Trinajstić information content (AvgIpc) is 2.78. The number of aliphatic hydroxyl groups is 1. The monoisotopic (exact) mass is 326 g/mol. The zero-order valence-electron chi connectivity index (χ0n) is 14.9. The van der Waals surface area contributed by atoms with Crippen molar-refractivity contribution in [3.63, 3.8) is 0 Å². The van der Waals surface area contributed by atoms with E-state index in [1.54, 1.807) is 6.08 Å². The van der Waals surface area contributed by atoms with Crippen LogP contribution in [0.1, 0.15) is 64.7 Å². The number of unbranched alkanes of at least 4 members (excludes halogenated alkanes) is 3. The van der Waals surface area contributed by atoms with Crippen LogP contribution in [0.3, 0.4) is 0 Å². The van der Waals surface area contributed by atoms with Crippen molar-refractivity contribution in [1.29, 1.82) is 0 Å². The fourth-order valence-electron chi connectivity index (χ4n) is 2.55. The third kappa shape index (κ3) is 11.8. The topological polar surface area (TPSA) is 69.6 Å². The lowest BCUT2D eigenvalue weighted by atomic mass is 10.2.